The molecule has 0 aliphatic carbocycles. The van der Waals surface area contributed by atoms with E-state index in [4.69, 9.17) is 24.7 Å². The van der Waals surface area contributed by atoms with E-state index in [0.717, 1.165) is 22.3 Å². The maximum absolute atomic E-state index is 12.0. The lowest BCUT2D eigenvalue weighted by Crippen LogP contribution is -2.23. The Morgan fingerprint density at radius 3 is 1.90 bits per heavy atom. The first-order valence-corrected chi connectivity index (χ1v) is 13.2. The Hall–Kier alpha value is -4.60. The zero-order valence-electron chi connectivity index (χ0n) is 23.5. The lowest BCUT2D eigenvalue weighted by Gasteiger charge is -2.24. The summed E-state index contributed by atoms with van der Waals surface area (Å²) in [4.78, 5) is 13.7. The largest absolute Gasteiger partial charge is 0.493 e. The monoisotopic (exact) mass is 557 g/mol. The molecule has 41 heavy (non-hydrogen) atoms. The van der Waals surface area contributed by atoms with E-state index in [1.807, 2.05) is 72.8 Å². The summed E-state index contributed by atoms with van der Waals surface area (Å²) in [7, 11) is 4.58. The molecule has 0 saturated heterocycles. The van der Waals surface area contributed by atoms with Crippen LogP contribution >= 0.6 is 0 Å². The first kappa shape index (κ1) is 29.4. The Labute approximate surface area is 240 Å². The number of hydrogen-bond acceptors (Lipinski definition) is 8. The molecular weight excluding hydrogens is 522 g/mol. The van der Waals surface area contributed by atoms with Gasteiger partial charge in [0.05, 0.1) is 32.3 Å². The lowest BCUT2D eigenvalue weighted by atomic mass is 10.1. The average Bonchev–Trinajstić information content (AvgIpc) is 3.00. The summed E-state index contributed by atoms with van der Waals surface area (Å²) in [5, 5.41) is 12.0. The summed E-state index contributed by atoms with van der Waals surface area (Å²) in [5.41, 5.74) is 10.4. The summed E-state index contributed by atoms with van der Waals surface area (Å²) >= 11 is 0. The van der Waals surface area contributed by atoms with Crippen LogP contribution in [0.15, 0.2) is 84.9 Å². The number of rotatable bonds is 14. The van der Waals surface area contributed by atoms with Crippen molar-refractivity contribution in [2.24, 2.45) is 5.73 Å². The van der Waals surface area contributed by atoms with Gasteiger partial charge in [-0.3, -0.25) is 15.0 Å². The van der Waals surface area contributed by atoms with Crippen LogP contribution in [-0.2, 0) is 32.8 Å². The SMILES string of the molecule is COc1cc(CN(Cc2ccc(CN)cc2)Cc2ccc(OCc3ccccc3)c(OC)c2)c([N+](=O)[O-])cc1OC. The Bertz CT molecular complexity index is 1440. The number of benzene rings is 4. The highest BCUT2D eigenvalue weighted by Gasteiger charge is 2.22. The molecule has 0 heterocycles. The zero-order chi connectivity index (χ0) is 29.2. The number of methoxy groups -OCH3 is 3. The number of nitrogens with zero attached hydrogens (tertiary/aromatic N) is 2. The van der Waals surface area contributed by atoms with Gasteiger partial charge in [0.1, 0.15) is 6.61 Å². The van der Waals surface area contributed by atoms with Crippen molar-refractivity contribution in [1.29, 1.82) is 0 Å². The van der Waals surface area contributed by atoms with E-state index in [2.05, 4.69) is 4.90 Å². The van der Waals surface area contributed by atoms with Gasteiger partial charge in [-0.25, -0.2) is 0 Å². The topological polar surface area (TPSA) is 109 Å². The van der Waals surface area contributed by atoms with Crippen LogP contribution in [0.25, 0.3) is 0 Å². The molecule has 0 atom stereocenters. The third-order valence-electron chi connectivity index (χ3n) is 6.71. The van der Waals surface area contributed by atoms with Crippen LogP contribution in [0.2, 0.25) is 0 Å². The van der Waals surface area contributed by atoms with Crippen LogP contribution in [0.4, 0.5) is 5.69 Å². The minimum Gasteiger partial charge on any atom is -0.493 e. The van der Waals surface area contributed by atoms with Crippen molar-refractivity contribution in [2.45, 2.75) is 32.8 Å². The van der Waals surface area contributed by atoms with Crippen molar-refractivity contribution >= 4 is 5.69 Å². The van der Waals surface area contributed by atoms with Gasteiger partial charge in [-0.15, -0.1) is 0 Å². The number of nitrogens with two attached hydrogens (primary N) is 1. The van der Waals surface area contributed by atoms with E-state index in [1.54, 1.807) is 13.2 Å². The second-order valence-electron chi connectivity index (χ2n) is 9.52. The van der Waals surface area contributed by atoms with E-state index in [1.165, 1.54) is 20.3 Å². The molecule has 0 fully saturated rings. The predicted molar refractivity (Wildman–Crippen MR) is 157 cm³/mol. The fourth-order valence-corrected chi connectivity index (χ4v) is 4.58. The lowest BCUT2D eigenvalue weighted by molar-refractivity contribution is -0.385. The maximum atomic E-state index is 12.0. The number of nitro benzene ring substituents is 1. The molecular formula is C32H35N3O6. The van der Waals surface area contributed by atoms with E-state index in [0.29, 0.717) is 61.3 Å². The number of ether oxygens (including phenoxy) is 4. The standard InChI is InChI=1S/C32H35N3O6/c1-38-30-15-26(13-14-29(30)41-22-25-7-5-4-6-8-25)20-34(19-24-11-9-23(18-33)10-12-24)21-27-16-31(39-2)32(40-3)17-28(27)35(36)37/h4-17H,18-22,33H2,1-3H3. The molecule has 9 nitrogen and oxygen atoms in total. The molecule has 0 aromatic heterocycles. The maximum Gasteiger partial charge on any atom is 0.277 e. The third kappa shape index (κ3) is 7.75. The van der Waals surface area contributed by atoms with Gasteiger partial charge in [-0.1, -0.05) is 60.7 Å². The molecule has 4 aromatic carbocycles. The van der Waals surface area contributed by atoms with Crippen LogP contribution in [0, 0.1) is 10.1 Å². The van der Waals surface area contributed by atoms with Crippen molar-refractivity contribution < 1.29 is 23.9 Å². The summed E-state index contributed by atoms with van der Waals surface area (Å²) in [6.45, 7) is 2.22. The highest BCUT2D eigenvalue weighted by molar-refractivity contribution is 5.54. The van der Waals surface area contributed by atoms with Crippen molar-refractivity contribution in [3.63, 3.8) is 0 Å². The van der Waals surface area contributed by atoms with Gasteiger partial charge in [0.25, 0.3) is 5.69 Å². The average molecular weight is 558 g/mol. The molecule has 2 N–H and O–H groups in total. The fraction of sp³-hybridized carbons (Fsp3) is 0.250. The van der Waals surface area contributed by atoms with E-state index < -0.39 is 4.92 Å². The molecule has 4 aromatic rings. The first-order chi connectivity index (χ1) is 19.9. The van der Waals surface area contributed by atoms with E-state index in [9.17, 15) is 10.1 Å². The molecule has 0 saturated carbocycles. The van der Waals surface area contributed by atoms with Gasteiger partial charge in [0.2, 0.25) is 0 Å². The van der Waals surface area contributed by atoms with E-state index >= 15 is 0 Å². The quantitative estimate of drug-likeness (QED) is 0.152. The second kappa shape index (κ2) is 14.2. The van der Waals surface area contributed by atoms with Gasteiger partial charge in [0.15, 0.2) is 23.0 Å². The van der Waals surface area contributed by atoms with Crippen molar-refractivity contribution in [3.8, 4) is 23.0 Å². The van der Waals surface area contributed by atoms with Crippen LogP contribution in [0.1, 0.15) is 27.8 Å². The van der Waals surface area contributed by atoms with Gasteiger partial charge >= 0.3 is 0 Å². The second-order valence-corrected chi connectivity index (χ2v) is 9.52. The molecule has 4 rings (SSSR count). The fourth-order valence-electron chi connectivity index (χ4n) is 4.58. The molecule has 9 heteroatoms. The molecule has 0 aliphatic rings. The number of hydrogen-bond donors (Lipinski definition) is 1. The Morgan fingerprint density at radius 2 is 1.27 bits per heavy atom. The molecule has 0 bridgehead atoms. The Morgan fingerprint density at radius 1 is 0.683 bits per heavy atom. The summed E-state index contributed by atoms with van der Waals surface area (Å²) in [6.07, 6.45) is 0. The summed E-state index contributed by atoms with van der Waals surface area (Å²) < 4.78 is 22.4. The van der Waals surface area contributed by atoms with Crippen molar-refractivity contribution in [2.75, 3.05) is 21.3 Å². The molecule has 0 unspecified atom stereocenters. The zero-order valence-corrected chi connectivity index (χ0v) is 23.5. The predicted octanol–water partition coefficient (Wildman–Crippen LogP) is 5.86. The molecule has 0 amide bonds. The minimum atomic E-state index is -0.395. The minimum absolute atomic E-state index is 0.0339. The molecule has 214 valence electrons. The van der Waals surface area contributed by atoms with Crippen molar-refractivity contribution in [3.05, 3.63) is 123 Å². The number of nitro groups is 1. The highest BCUT2D eigenvalue weighted by atomic mass is 16.6. The van der Waals surface area contributed by atoms with Crippen molar-refractivity contribution in [1.82, 2.24) is 4.90 Å². The third-order valence-corrected chi connectivity index (χ3v) is 6.71. The Kier molecular flexibility index (Phi) is 10.1. The van der Waals surface area contributed by atoms with Crippen LogP contribution in [0.3, 0.4) is 0 Å². The molecule has 0 aliphatic heterocycles. The van der Waals surface area contributed by atoms with Gasteiger partial charge in [0, 0.05) is 31.7 Å². The summed E-state index contributed by atoms with van der Waals surface area (Å²) in [6, 6.07) is 26.9. The first-order valence-electron chi connectivity index (χ1n) is 13.2. The smallest absolute Gasteiger partial charge is 0.277 e. The van der Waals surface area contributed by atoms with Crippen LogP contribution < -0.4 is 24.7 Å². The van der Waals surface area contributed by atoms with Crippen LogP contribution in [-0.4, -0.2) is 31.2 Å². The van der Waals surface area contributed by atoms with Gasteiger partial charge in [-0.05, 0) is 40.5 Å². The summed E-state index contributed by atoms with van der Waals surface area (Å²) in [5.74, 6) is 1.99. The van der Waals surface area contributed by atoms with Gasteiger partial charge < -0.3 is 24.7 Å². The van der Waals surface area contributed by atoms with E-state index in [-0.39, 0.29) is 5.69 Å². The Balaban J connectivity index is 1.62. The molecule has 0 radical (unpaired) electrons. The van der Waals surface area contributed by atoms with Gasteiger partial charge in [-0.2, -0.15) is 0 Å². The molecule has 0 spiro atoms. The van der Waals surface area contributed by atoms with Crippen LogP contribution in [0.5, 0.6) is 23.0 Å². The highest BCUT2D eigenvalue weighted by Crippen LogP contribution is 2.36. The normalized spacial score (nSPS) is 10.9.